The fourth-order valence-electron chi connectivity index (χ4n) is 2.99. The molecular weight excluding hydrogens is 386 g/mol. The molecular formula is C22H43NO5Si. The van der Waals surface area contributed by atoms with E-state index in [1.807, 2.05) is 26.8 Å². The Balaban J connectivity index is 3.07. The highest BCUT2D eigenvalue weighted by Crippen LogP contribution is 2.39. The van der Waals surface area contributed by atoms with Crippen LogP contribution in [0.1, 0.15) is 54.4 Å². The van der Waals surface area contributed by atoms with E-state index >= 15 is 0 Å². The van der Waals surface area contributed by atoms with E-state index in [1.54, 1.807) is 4.90 Å². The summed E-state index contributed by atoms with van der Waals surface area (Å²) < 4.78 is 18.1. The first kappa shape index (κ1) is 26.1. The van der Waals surface area contributed by atoms with Gasteiger partial charge in [-0.1, -0.05) is 26.8 Å². The molecule has 0 aromatic rings. The Bertz CT molecular complexity index is 538. The SMILES string of the molecule is C=CCCC(O)C(O[Si](C)(C)C(C)(C)C)C1COCCN(C(=O)OC(C)(C)C)C1. The highest BCUT2D eigenvalue weighted by atomic mass is 28.4. The van der Waals surface area contributed by atoms with Gasteiger partial charge in [-0.2, -0.15) is 0 Å². The lowest BCUT2D eigenvalue weighted by Crippen LogP contribution is -2.52. The summed E-state index contributed by atoms with van der Waals surface area (Å²) in [4.78, 5) is 14.3. The molecule has 1 fully saturated rings. The lowest BCUT2D eigenvalue weighted by atomic mass is 9.95. The van der Waals surface area contributed by atoms with E-state index in [4.69, 9.17) is 13.9 Å². The van der Waals surface area contributed by atoms with Gasteiger partial charge in [0.05, 0.1) is 25.4 Å². The van der Waals surface area contributed by atoms with Gasteiger partial charge in [-0.15, -0.1) is 6.58 Å². The van der Waals surface area contributed by atoms with Crippen LogP contribution in [-0.2, 0) is 13.9 Å². The minimum Gasteiger partial charge on any atom is -0.444 e. The van der Waals surface area contributed by atoms with Crippen molar-refractivity contribution in [1.82, 2.24) is 4.90 Å². The number of carbonyl (C=O) groups excluding carboxylic acids is 1. The van der Waals surface area contributed by atoms with Gasteiger partial charge >= 0.3 is 6.09 Å². The normalized spacial score (nSPS) is 21.3. The predicted molar refractivity (Wildman–Crippen MR) is 120 cm³/mol. The molecule has 1 amide bonds. The molecule has 0 aliphatic carbocycles. The summed E-state index contributed by atoms with van der Waals surface area (Å²) in [5.41, 5.74) is -0.555. The highest BCUT2D eigenvalue weighted by molar-refractivity contribution is 6.74. The number of amides is 1. The third-order valence-corrected chi connectivity index (χ3v) is 10.2. The molecule has 1 rings (SSSR count). The number of hydrogen-bond acceptors (Lipinski definition) is 5. The second kappa shape index (κ2) is 10.4. The standard InChI is InChI=1S/C22H43NO5Si/c1-10-11-12-18(24)19(28-29(8,9)22(5,6)7)17-15-23(13-14-26-16-17)20(25)27-21(2,3)4/h10,17-19,24H,1,11-16H2,2-9H3. The van der Waals surface area contributed by atoms with Gasteiger partial charge in [0, 0.05) is 19.0 Å². The van der Waals surface area contributed by atoms with Crippen LogP contribution < -0.4 is 0 Å². The van der Waals surface area contributed by atoms with Crippen LogP contribution >= 0.6 is 0 Å². The maximum Gasteiger partial charge on any atom is 0.410 e. The number of hydrogen-bond donors (Lipinski definition) is 1. The summed E-state index contributed by atoms with van der Waals surface area (Å²) in [5.74, 6) is -0.126. The van der Waals surface area contributed by atoms with Gasteiger partial charge in [0.2, 0.25) is 0 Å². The minimum absolute atomic E-state index is 0.0137. The van der Waals surface area contributed by atoms with Crippen molar-refractivity contribution in [3.05, 3.63) is 12.7 Å². The van der Waals surface area contributed by atoms with Crippen LogP contribution in [0.2, 0.25) is 18.1 Å². The second-order valence-electron chi connectivity index (χ2n) is 10.5. The lowest BCUT2D eigenvalue weighted by Gasteiger charge is -2.43. The summed E-state index contributed by atoms with van der Waals surface area (Å²) in [7, 11) is -2.13. The van der Waals surface area contributed by atoms with Gasteiger partial charge < -0.3 is 23.9 Å². The number of ether oxygens (including phenoxy) is 2. The Kier molecular flexibility index (Phi) is 9.39. The first-order chi connectivity index (χ1) is 13.2. The molecule has 3 atom stereocenters. The molecule has 1 aliphatic heterocycles. The van der Waals surface area contributed by atoms with Crippen molar-refractivity contribution < 1.29 is 23.8 Å². The van der Waals surface area contributed by atoms with E-state index < -0.39 is 26.1 Å². The number of allylic oxidation sites excluding steroid dienone is 1. The Morgan fingerprint density at radius 1 is 1.31 bits per heavy atom. The maximum atomic E-state index is 12.7. The average Bonchev–Trinajstić information content (AvgIpc) is 2.81. The van der Waals surface area contributed by atoms with Crippen LogP contribution in [0, 0.1) is 5.92 Å². The van der Waals surface area contributed by atoms with Gasteiger partial charge in [-0.25, -0.2) is 4.79 Å². The van der Waals surface area contributed by atoms with Gasteiger partial charge in [0.25, 0.3) is 0 Å². The van der Waals surface area contributed by atoms with Gasteiger partial charge in [0.15, 0.2) is 8.32 Å². The fourth-order valence-corrected chi connectivity index (χ4v) is 4.37. The van der Waals surface area contributed by atoms with E-state index in [9.17, 15) is 9.90 Å². The van der Waals surface area contributed by atoms with Crippen molar-refractivity contribution in [3.63, 3.8) is 0 Å². The predicted octanol–water partition coefficient (Wildman–Crippen LogP) is 4.59. The number of rotatable bonds is 7. The minimum atomic E-state index is -2.13. The van der Waals surface area contributed by atoms with Crippen molar-refractivity contribution in [2.45, 2.75) is 90.3 Å². The summed E-state index contributed by atoms with van der Waals surface area (Å²) in [5, 5.41) is 11.0. The first-order valence-electron chi connectivity index (χ1n) is 10.7. The second-order valence-corrected chi connectivity index (χ2v) is 15.3. The number of carbonyl (C=O) groups is 1. The van der Waals surface area contributed by atoms with Crippen LogP contribution in [0.4, 0.5) is 4.79 Å². The molecule has 1 saturated heterocycles. The third-order valence-electron chi connectivity index (χ3n) is 5.69. The molecule has 1 aliphatic rings. The molecule has 1 heterocycles. The molecule has 3 unspecified atom stereocenters. The zero-order valence-electron chi connectivity index (χ0n) is 19.8. The molecule has 0 bridgehead atoms. The molecule has 0 aromatic heterocycles. The fraction of sp³-hybridized carbons (Fsp3) is 0.864. The molecule has 0 spiro atoms. The molecule has 170 valence electrons. The monoisotopic (exact) mass is 429 g/mol. The number of aliphatic hydroxyl groups is 1. The highest BCUT2D eigenvalue weighted by Gasteiger charge is 2.43. The molecule has 1 N–H and O–H groups in total. The van der Waals surface area contributed by atoms with Crippen LogP contribution in [0.5, 0.6) is 0 Å². The maximum absolute atomic E-state index is 12.7. The summed E-state index contributed by atoms with van der Waals surface area (Å²) in [6, 6.07) is 0. The molecule has 0 aromatic carbocycles. The number of aliphatic hydroxyl groups excluding tert-OH is 1. The van der Waals surface area contributed by atoms with E-state index in [0.717, 1.165) is 0 Å². The Morgan fingerprint density at radius 2 is 1.93 bits per heavy atom. The molecule has 0 radical (unpaired) electrons. The van der Waals surface area contributed by atoms with Crippen molar-refractivity contribution in [3.8, 4) is 0 Å². The molecule has 0 saturated carbocycles. The Labute approximate surface area is 178 Å². The smallest absolute Gasteiger partial charge is 0.410 e. The third kappa shape index (κ3) is 8.40. The summed E-state index contributed by atoms with van der Waals surface area (Å²) in [6.07, 6.45) is 1.70. The van der Waals surface area contributed by atoms with E-state index in [1.165, 1.54) is 0 Å². The topological polar surface area (TPSA) is 68.2 Å². The van der Waals surface area contributed by atoms with Crippen molar-refractivity contribution in [2.75, 3.05) is 26.3 Å². The van der Waals surface area contributed by atoms with Crippen LogP contribution in [0.15, 0.2) is 12.7 Å². The van der Waals surface area contributed by atoms with E-state index in [2.05, 4.69) is 40.4 Å². The molecule has 6 nitrogen and oxygen atoms in total. The molecule has 29 heavy (non-hydrogen) atoms. The quantitative estimate of drug-likeness (QED) is 0.474. The summed E-state index contributed by atoms with van der Waals surface area (Å²) >= 11 is 0. The summed E-state index contributed by atoms with van der Waals surface area (Å²) in [6.45, 7) is 22.1. The van der Waals surface area contributed by atoms with E-state index in [-0.39, 0.29) is 17.0 Å². The van der Waals surface area contributed by atoms with Crippen molar-refractivity contribution in [2.24, 2.45) is 5.92 Å². The number of nitrogens with zero attached hydrogens (tertiary/aromatic N) is 1. The Morgan fingerprint density at radius 3 is 2.45 bits per heavy atom. The van der Waals surface area contributed by atoms with Gasteiger partial charge in [-0.3, -0.25) is 0 Å². The van der Waals surface area contributed by atoms with Crippen LogP contribution in [-0.4, -0.2) is 68.5 Å². The first-order valence-corrected chi connectivity index (χ1v) is 13.6. The van der Waals surface area contributed by atoms with Crippen molar-refractivity contribution in [1.29, 1.82) is 0 Å². The average molecular weight is 430 g/mol. The Hall–Kier alpha value is -0.893. The zero-order valence-corrected chi connectivity index (χ0v) is 20.8. The largest absolute Gasteiger partial charge is 0.444 e. The van der Waals surface area contributed by atoms with Crippen LogP contribution in [0.25, 0.3) is 0 Å². The van der Waals surface area contributed by atoms with Gasteiger partial charge in [-0.05, 0) is 51.7 Å². The molecule has 7 heteroatoms. The zero-order chi connectivity index (χ0) is 22.5. The van der Waals surface area contributed by atoms with Gasteiger partial charge in [0.1, 0.15) is 5.60 Å². The lowest BCUT2D eigenvalue weighted by molar-refractivity contribution is -0.0364. The van der Waals surface area contributed by atoms with Crippen molar-refractivity contribution >= 4 is 14.4 Å². The van der Waals surface area contributed by atoms with Crippen LogP contribution in [0.3, 0.4) is 0 Å². The van der Waals surface area contributed by atoms with E-state index in [0.29, 0.717) is 39.1 Å².